The van der Waals surface area contributed by atoms with Gasteiger partial charge in [0.25, 0.3) is 0 Å². The summed E-state index contributed by atoms with van der Waals surface area (Å²) in [6, 6.07) is 13.7. The molecule has 0 atom stereocenters. The fourth-order valence-corrected chi connectivity index (χ4v) is 2.52. The quantitative estimate of drug-likeness (QED) is 0.780. The maximum atomic E-state index is 12.1. The number of nitrogens with one attached hydrogen (secondary N) is 1. The fraction of sp³-hybridized carbons (Fsp3) is 0.263. The summed E-state index contributed by atoms with van der Waals surface area (Å²) in [7, 11) is 0. The van der Waals surface area contributed by atoms with Crippen molar-refractivity contribution in [3.05, 3.63) is 54.9 Å². The van der Waals surface area contributed by atoms with E-state index in [1.807, 2.05) is 59.3 Å². The van der Waals surface area contributed by atoms with Gasteiger partial charge < -0.3 is 9.72 Å². The average molecular weight is 307 g/mol. The number of fused-ring (bicyclic) bond motifs is 1. The average Bonchev–Trinajstić information content (AvgIpc) is 2.89. The first-order valence-electron chi connectivity index (χ1n) is 7.75. The predicted molar refractivity (Wildman–Crippen MR) is 93.3 cm³/mol. The topological polar surface area (TPSA) is 46.4 Å². The summed E-state index contributed by atoms with van der Waals surface area (Å²) >= 11 is 0. The SMILES string of the molecule is CC(C)(C)CC(=O)Nc1cccc(-c2cn3ccccc3n2)c1. The highest BCUT2D eigenvalue weighted by molar-refractivity contribution is 5.91. The van der Waals surface area contributed by atoms with Crippen LogP contribution >= 0.6 is 0 Å². The summed E-state index contributed by atoms with van der Waals surface area (Å²) in [6.07, 6.45) is 4.46. The second-order valence-corrected chi connectivity index (χ2v) is 6.96. The predicted octanol–water partition coefficient (Wildman–Crippen LogP) is 4.38. The van der Waals surface area contributed by atoms with E-state index >= 15 is 0 Å². The molecule has 2 aromatic heterocycles. The summed E-state index contributed by atoms with van der Waals surface area (Å²) in [5, 5.41) is 2.97. The molecule has 4 nitrogen and oxygen atoms in total. The summed E-state index contributed by atoms with van der Waals surface area (Å²) in [6.45, 7) is 6.17. The minimum atomic E-state index is -0.0245. The number of hydrogen-bond donors (Lipinski definition) is 1. The van der Waals surface area contributed by atoms with Crippen molar-refractivity contribution in [2.45, 2.75) is 27.2 Å². The summed E-state index contributed by atoms with van der Waals surface area (Å²) in [4.78, 5) is 16.7. The minimum Gasteiger partial charge on any atom is -0.326 e. The van der Waals surface area contributed by atoms with Crippen molar-refractivity contribution in [2.75, 3.05) is 5.32 Å². The molecule has 3 aromatic rings. The third-order valence-corrected chi connectivity index (χ3v) is 3.50. The van der Waals surface area contributed by atoms with Gasteiger partial charge in [-0.1, -0.05) is 39.0 Å². The van der Waals surface area contributed by atoms with Gasteiger partial charge in [0.05, 0.1) is 5.69 Å². The number of pyridine rings is 1. The second kappa shape index (κ2) is 5.88. The number of imidazole rings is 1. The van der Waals surface area contributed by atoms with Crippen molar-refractivity contribution >= 4 is 17.2 Å². The van der Waals surface area contributed by atoms with Crippen molar-refractivity contribution in [3.63, 3.8) is 0 Å². The number of aromatic nitrogens is 2. The zero-order chi connectivity index (χ0) is 16.4. The Balaban J connectivity index is 1.83. The van der Waals surface area contributed by atoms with Crippen LogP contribution in [0, 0.1) is 5.41 Å². The zero-order valence-electron chi connectivity index (χ0n) is 13.7. The third-order valence-electron chi connectivity index (χ3n) is 3.50. The van der Waals surface area contributed by atoms with Gasteiger partial charge in [-0.3, -0.25) is 4.79 Å². The number of rotatable bonds is 3. The Labute approximate surface area is 136 Å². The van der Waals surface area contributed by atoms with Gasteiger partial charge in [0.2, 0.25) is 5.91 Å². The van der Waals surface area contributed by atoms with Gasteiger partial charge in [-0.05, 0) is 29.7 Å². The largest absolute Gasteiger partial charge is 0.326 e. The Kier molecular flexibility index (Phi) is 3.90. The van der Waals surface area contributed by atoms with E-state index in [9.17, 15) is 4.79 Å². The molecule has 0 aliphatic carbocycles. The molecule has 0 aliphatic heterocycles. The van der Waals surface area contributed by atoms with Gasteiger partial charge in [0.1, 0.15) is 5.65 Å². The van der Waals surface area contributed by atoms with Gasteiger partial charge in [-0.25, -0.2) is 4.98 Å². The lowest BCUT2D eigenvalue weighted by Crippen LogP contribution is -2.19. The molecule has 0 aliphatic rings. The highest BCUT2D eigenvalue weighted by atomic mass is 16.1. The van der Waals surface area contributed by atoms with Crippen LogP contribution in [0.4, 0.5) is 5.69 Å². The Morgan fingerprint density at radius 2 is 2.00 bits per heavy atom. The maximum Gasteiger partial charge on any atom is 0.224 e. The first-order chi connectivity index (χ1) is 10.9. The van der Waals surface area contributed by atoms with E-state index in [-0.39, 0.29) is 11.3 Å². The van der Waals surface area contributed by atoms with E-state index in [1.165, 1.54) is 0 Å². The lowest BCUT2D eigenvalue weighted by Gasteiger charge is -2.17. The van der Waals surface area contributed by atoms with Gasteiger partial charge in [-0.2, -0.15) is 0 Å². The lowest BCUT2D eigenvalue weighted by atomic mass is 9.92. The number of anilines is 1. The van der Waals surface area contributed by atoms with Crippen molar-refractivity contribution in [1.29, 1.82) is 0 Å². The summed E-state index contributed by atoms with van der Waals surface area (Å²) in [5.41, 5.74) is 3.56. The first kappa shape index (κ1) is 15.3. The van der Waals surface area contributed by atoms with Crippen molar-refractivity contribution < 1.29 is 4.79 Å². The molecule has 1 amide bonds. The van der Waals surface area contributed by atoms with Gasteiger partial charge >= 0.3 is 0 Å². The molecule has 0 bridgehead atoms. The minimum absolute atomic E-state index is 0.0245. The number of amides is 1. The molecule has 4 heteroatoms. The molecule has 1 aromatic carbocycles. The first-order valence-corrected chi connectivity index (χ1v) is 7.75. The van der Waals surface area contributed by atoms with E-state index in [2.05, 4.69) is 31.1 Å². The summed E-state index contributed by atoms with van der Waals surface area (Å²) in [5.74, 6) is 0.0321. The lowest BCUT2D eigenvalue weighted by molar-refractivity contribution is -0.117. The van der Waals surface area contributed by atoms with Crippen molar-refractivity contribution in [1.82, 2.24) is 9.38 Å². The van der Waals surface area contributed by atoms with E-state index in [1.54, 1.807) is 0 Å². The third kappa shape index (κ3) is 3.77. The Morgan fingerprint density at radius 3 is 2.74 bits per heavy atom. The molecule has 118 valence electrons. The van der Waals surface area contributed by atoms with E-state index in [0.717, 1.165) is 22.6 Å². The monoisotopic (exact) mass is 307 g/mol. The Bertz CT molecular complexity index is 810. The van der Waals surface area contributed by atoms with E-state index in [0.29, 0.717) is 6.42 Å². The standard InChI is InChI=1S/C19H21N3O/c1-19(2,3)12-18(23)20-15-8-6-7-14(11-15)16-13-22-10-5-4-9-17(22)21-16/h4-11,13H,12H2,1-3H3,(H,20,23). The molecule has 0 unspecified atom stereocenters. The van der Waals surface area contributed by atoms with E-state index in [4.69, 9.17) is 0 Å². The molecular formula is C19H21N3O. The zero-order valence-corrected chi connectivity index (χ0v) is 13.7. The van der Waals surface area contributed by atoms with Crippen molar-refractivity contribution in [3.8, 4) is 11.3 Å². The van der Waals surface area contributed by atoms with Crippen LogP contribution < -0.4 is 5.32 Å². The van der Waals surface area contributed by atoms with Gasteiger partial charge in [0, 0.05) is 30.1 Å². The van der Waals surface area contributed by atoms with Crippen LogP contribution in [0.5, 0.6) is 0 Å². The molecule has 0 saturated heterocycles. The van der Waals surface area contributed by atoms with E-state index < -0.39 is 0 Å². The summed E-state index contributed by atoms with van der Waals surface area (Å²) < 4.78 is 1.99. The van der Waals surface area contributed by atoms with Crippen LogP contribution in [0.3, 0.4) is 0 Å². The number of nitrogens with zero attached hydrogens (tertiary/aromatic N) is 2. The normalized spacial score (nSPS) is 11.6. The maximum absolute atomic E-state index is 12.1. The van der Waals surface area contributed by atoms with Crippen LogP contribution in [-0.2, 0) is 4.79 Å². The van der Waals surface area contributed by atoms with Crippen LogP contribution in [0.1, 0.15) is 27.2 Å². The number of carbonyl (C=O) groups is 1. The Morgan fingerprint density at radius 1 is 1.17 bits per heavy atom. The number of hydrogen-bond acceptors (Lipinski definition) is 2. The molecule has 2 heterocycles. The highest BCUT2D eigenvalue weighted by Gasteiger charge is 2.16. The molecule has 23 heavy (non-hydrogen) atoms. The number of carbonyl (C=O) groups excluding carboxylic acids is 1. The van der Waals surface area contributed by atoms with Gasteiger partial charge in [-0.15, -0.1) is 0 Å². The molecule has 0 spiro atoms. The van der Waals surface area contributed by atoms with Crippen LogP contribution in [-0.4, -0.2) is 15.3 Å². The number of benzene rings is 1. The molecule has 0 radical (unpaired) electrons. The molecule has 0 saturated carbocycles. The molecular weight excluding hydrogens is 286 g/mol. The Hall–Kier alpha value is -2.62. The molecule has 1 N–H and O–H groups in total. The van der Waals surface area contributed by atoms with Crippen LogP contribution in [0.2, 0.25) is 0 Å². The molecule has 0 fully saturated rings. The molecule has 3 rings (SSSR count). The fourth-order valence-electron chi connectivity index (χ4n) is 2.52. The van der Waals surface area contributed by atoms with Crippen molar-refractivity contribution in [2.24, 2.45) is 5.41 Å². The van der Waals surface area contributed by atoms with Crippen LogP contribution in [0.15, 0.2) is 54.9 Å². The smallest absolute Gasteiger partial charge is 0.224 e. The highest BCUT2D eigenvalue weighted by Crippen LogP contribution is 2.24. The van der Waals surface area contributed by atoms with Gasteiger partial charge in [0.15, 0.2) is 0 Å². The second-order valence-electron chi connectivity index (χ2n) is 6.96. The van der Waals surface area contributed by atoms with Crippen LogP contribution in [0.25, 0.3) is 16.9 Å².